The summed E-state index contributed by atoms with van der Waals surface area (Å²) in [6, 6.07) is 28.9. The Kier molecular flexibility index (Phi) is 6.76. The molecule has 1 N–H and O–H groups in total. The first-order valence-corrected chi connectivity index (χ1v) is 13.4. The van der Waals surface area contributed by atoms with Gasteiger partial charge in [0, 0.05) is 18.0 Å². The molecule has 39 heavy (non-hydrogen) atoms. The van der Waals surface area contributed by atoms with Gasteiger partial charge < -0.3 is 18.8 Å². The molecule has 0 spiro atoms. The third-order valence-electron chi connectivity index (χ3n) is 7.18. The number of nitrogens with one attached hydrogen (secondary N) is 1. The van der Waals surface area contributed by atoms with E-state index in [1.165, 1.54) is 0 Å². The number of aryl methyl sites for hydroxylation is 2. The molecule has 6 rings (SSSR count). The number of aromatic nitrogens is 2. The van der Waals surface area contributed by atoms with Crippen LogP contribution in [0.1, 0.15) is 42.0 Å². The van der Waals surface area contributed by atoms with Crippen molar-refractivity contribution < 1.29 is 14.2 Å². The lowest BCUT2D eigenvalue weighted by molar-refractivity contribution is 0.287. The summed E-state index contributed by atoms with van der Waals surface area (Å²) in [7, 11) is 0. The maximum Gasteiger partial charge on any atom is 0.228 e. The first-order valence-electron chi connectivity index (χ1n) is 13.4. The maximum atomic E-state index is 9.31. The summed E-state index contributed by atoms with van der Waals surface area (Å²) < 4.78 is 19.8. The molecule has 0 aliphatic carbocycles. The molecular formula is C33H31N3O3. The number of rotatable bonds is 8. The van der Waals surface area contributed by atoms with E-state index in [9.17, 15) is 5.41 Å². The molecule has 1 atom stereocenters. The van der Waals surface area contributed by atoms with E-state index in [1.807, 2.05) is 60.9 Å². The zero-order valence-corrected chi connectivity index (χ0v) is 22.2. The van der Waals surface area contributed by atoms with Gasteiger partial charge in [0.15, 0.2) is 11.5 Å². The van der Waals surface area contributed by atoms with Crippen LogP contribution in [0, 0.1) is 5.41 Å². The molecule has 0 fully saturated rings. The van der Waals surface area contributed by atoms with E-state index >= 15 is 0 Å². The lowest BCUT2D eigenvalue weighted by Gasteiger charge is -2.29. The van der Waals surface area contributed by atoms with Gasteiger partial charge in [0.05, 0.1) is 18.8 Å². The van der Waals surface area contributed by atoms with Gasteiger partial charge in [0.25, 0.3) is 0 Å². The van der Waals surface area contributed by atoms with Gasteiger partial charge in [-0.3, -0.25) is 5.41 Å². The summed E-state index contributed by atoms with van der Waals surface area (Å²) in [4.78, 5) is 4.71. The molecule has 2 heterocycles. The Morgan fingerprint density at radius 3 is 2.44 bits per heavy atom. The Morgan fingerprint density at radius 1 is 0.846 bits per heavy atom. The van der Waals surface area contributed by atoms with Crippen molar-refractivity contribution >= 4 is 10.8 Å². The molecule has 1 aliphatic heterocycles. The molecule has 0 unspecified atom stereocenters. The van der Waals surface area contributed by atoms with Gasteiger partial charge in [-0.05, 0) is 60.4 Å². The predicted octanol–water partition coefficient (Wildman–Crippen LogP) is 6.84. The van der Waals surface area contributed by atoms with Crippen molar-refractivity contribution in [2.24, 2.45) is 0 Å². The van der Waals surface area contributed by atoms with Gasteiger partial charge in [-0.1, -0.05) is 66.7 Å². The molecule has 1 aromatic heterocycles. The first-order chi connectivity index (χ1) is 19.2. The van der Waals surface area contributed by atoms with Gasteiger partial charge in [-0.25, -0.2) is 4.98 Å². The topological polar surface area (TPSA) is 69.4 Å². The van der Waals surface area contributed by atoms with Crippen LogP contribution in [0.3, 0.4) is 0 Å². The van der Waals surface area contributed by atoms with Gasteiger partial charge >= 0.3 is 0 Å². The van der Waals surface area contributed by atoms with Crippen LogP contribution in [0.25, 0.3) is 10.8 Å². The Labute approximate surface area is 228 Å². The van der Waals surface area contributed by atoms with Crippen LogP contribution in [0.5, 0.6) is 23.1 Å². The number of ether oxygens (including phenoxy) is 3. The molecule has 1 aliphatic rings. The number of fused-ring (bicyclic) bond motifs is 4. The average Bonchev–Trinajstić information content (AvgIpc) is 2.97. The van der Waals surface area contributed by atoms with Crippen molar-refractivity contribution in [2.75, 3.05) is 13.2 Å². The second-order valence-corrected chi connectivity index (χ2v) is 9.55. The summed E-state index contributed by atoms with van der Waals surface area (Å²) in [5.74, 6) is 2.61. The molecule has 4 aromatic carbocycles. The zero-order chi connectivity index (χ0) is 26.8. The molecular weight excluding hydrogens is 486 g/mol. The second-order valence-electron chi connectivity index (χ2n) is 9.55. The molecule has 6 heteroatoms. The van der Waals surface area contributed by atoms with Crippen molar-refractivity contribution in [3.63, 3.8) is 0 Å². The van der Waals surface area contributed by atoms with E-state index < -0.39 is 0 Å². The minimum Gasteiger partial charge on any atom is -0.490 e. The minimum absolute atomic E-state index is 0.168. The first kappa shape index (κ1) is 24.7. The lowest BCUT2D eigenvalue weighted by Crippen LogP contribution is -2.30. The number of hydrogen-bond acceptors (Lipinski definition) is 5. The van der Waals surface area contributed by atoms with Gasteiger partial charge in [0.1, 0.15) is 17.6 Å². The Balaban J connectivity index is 1.41. The van der Waals surface area contributed by atoms with Crippen LogP contribution in [-0.2, 0) is 13.0 Å². The van der Waals surface area contributed by atoms with E-state index in [1.54, 1.807) is 6.33 Å². The SMILES string of the molecule is CCOc1ccc(CCn2cnc3c(c2=N)[C@@H](c2ccccc2)c2c(ccc4ccccc24)O3)cc1OCC. The molecule has 0 saturated carbocycles. The lowest BCUT2D eigenvalue weighted by atomic mass is 9.81. The summed E-state index contributed by atoms with van der Waals surface area (Å²) in [5.41, 5.74) is 4.49. The largest absolute Gasteiger partial charge is 0.490 e. The molecule has 0 amide bonds. The van der Waals surface area contributed by atoms with Crippen molar-refractivity contribution in [3.8, 4) is 23.1 Å². The molecule has 0 radical (unpaired) electrons. The standard InChI is InChI=1S/C33H31N3O3/c1-3-37-26-16-14-22(20-28(26)38-4-2)18-19-36-21-35-33-31(32(36)34)29(24-11-6-5-7-12-24)30-25-13-9-8-10-23(25)15-17-27(30)39-33/h5-17,20-21,29,34H,3-4,18-19H2,1-2H3/t29-/m0/s1. The van der Waals surface area contributed by atoms with Crippen molar-refractivity contribution in [1.82, 2.24) is 9.55 Å². The monoisotopic (exact) mass is 517 g/mol. The average molecular weight is 518 g/mol. The number of hydrogen-bond donors (Lipinski definition) is 1. The quantitative estimate of drug-likeness (QED) is 0.240. The molecule has 0 bridgehead atoms. The fraction of sp³-hybridized carbons (Fsp3) is 0.212. The highest BCUT2D eigenvalue weighted by atomic mass is 16.5. The smallest absolute Gasteiger partial charge is 0.228 e. The molecule has 6 nitrogen and oxygen atoms in total. The summed E-state index contributed by atoms with van der Waals surface area (Å²) in [6.07, 6.45) is 2.44. The van der Waals surface area contributed by atoms with E-state index in [-0.39, 0.29) is 5.92 Å². The fourth-order valence-corrected chi connectivity index (χ4v) is 5.41. The zero-order valence-electron chi connectivity index (χ0n) is 22.2. The van der Waals surface area contributed by atoms with Crippen LogP contribution in [-0.4, -0.2) is 22.8 Å². The van der Waals surface area contributed by atoms with Gasteiger partial charge in [-0.15, -0.1) is 0 Å². The normalized spacial score (nSPS) is 13.8. The Bertz CT molecular complexity index is 1690. The van der Waals surface area contributed by atoms with Crippen LogP contribution in [0.4, 0.5) is 0 Å². The summed E-state index contributed by atoms with van der Waals surface area (Å²) in [6.45, 7) is 5.69. The van der Waals surface area contributed by atoms with Crippen LogP contribution >= 0.6 is 0 Å². The number of benzene rings is 4. The van der Waals surface area contributed by atoms with Crippen LogP contribution in [0.15, 0.2) is 91.3 Å². The van der Waals surface area contributed by atoms with E-state index in [2.05, 4.69) is 42.5 Å². The Hall–Kier alpha value is -4.58. The van der Waals surface area contributed by atoms with Crippen molar-refractivity contribution in [3.05, 3.63) is 119 Å². The molecule has 5 aromatic rings. The highest BCUT2D eigenvalue weighted by Crippen LogP contribution is 2.47. The highest BCUT2D eigenvalue weighted by molar-refractivity contribution is 5.90. The minimum atomic E-state index is -0.168. The third-order valence-corrected chi connectivity index (χ3v) is 7.18. The van der Waals surface area contributed by atoms with E-state index in [0.717, 1.165) is 56.7 Å². The maximum absolute atomic E-state index is 9.31. The predicted molar refractivity (Wildman–Crippen MR) is 152 cm³/mol. The number of nitrogens with zero attached hydrogens (tertiary/aromatic N) is 2. The van der Waals surface area contributed by atoms with Crippen LogP contribution in [0.2, 0.25) is 0 Å². The van der Waals surface area contributed by atoms with Gasteiger partial charge in [-0.2, -0.15) is 0 Å². The fourth-order valence-electron chi connectivity index (χ4n) is 5.41. The van der Waals surface area contributed by atoms with E-state index in [4.69, 9.17) is 19.2 Å². The summed E-state index contributed by atoms with van der Waals surface area (Å²) in [5, 5.41) is 11.6. The van der Waals surface area contributed by atoms with Crippen molar-refractivity contribution in [2.45, 2.75) is 32.7 Å². The third kappa shape index (κ3) is 4.63. The van der Waals surface area contributed by atoms with Crippen LogP contribution < -0.4 is 19.7 Å². The summed E-state index contributed by atoms with van der Waals surface area (Å²) >= 11 is 0. The Morgan fingerprint density at radius 2 is 1.62 bits per heavy atom. The second kappa shape index (κ2) is 10.7. The highest BCUT2D eigenvalue weighted by Gasteiger charge is 2.33. The van der Waals surface area contributed by atoms with Crippen molar-refractivity contribution in [1.29, 1.82) is 5.41 Å². The molecule has 196 valence electrons. The molecule has 0 saturated heterocycles. The van der Waals surface area contributed by atoms with Gasteiger partial charge in [0.2, 0.25) is 5.88 Å². The van der Waals surface area contributed by atoms with E-state index in [0.29, 0.717) is 31.1 Å².